The summed E-state index contributed by atoms with van der Waals surface area (Å²) in [6.45, 7) is 8.77. The lowest BCUT2D eigenvalue weighted by molar-refractivity contribution is 0.0362. The van der Waals surface area contributed by atoms with Crippen molar-refractivity contribution in [3.05, 3.63) is 75.6 Å². The Morgan fingerprint density at radius 3 is 2.48 bits per heavy atom. The summed E-state index contributed by atoms with van der Waals surface area (Å²) in [6.07, 6.45) is 0.364. The lowest BCUT2D eigenvalue weighted by Gasteiger charge is -2.27. The van der Waals surface area contributed by atoms with Crippen molar-refractivity contribution in [1.29, 1.82) is 0 Å². The smallest absolute Gasteiger partial charge is 0.266 e. The number of para-hydroxylation sites is 2. The molecule has 1 N–H and O–H groups in total. The summed E-state index contributed by atoms with van der Waals surface area (Å²) in [5, 5.41) is 11.3. The van der Waals surface area contributed by atoms with Crippen LogP contribution in [0.4, 0.5) is 0 Å². The zero-order valence-electron chi connectivity index (χ0n) is 19.2. The number of nitrogens with zero attached hydrogens (tertiary/aromatic N) is 4. The fourth-order valence-electron chi connectivity index (χ4n) is 4.53. The molecule has 1 saturated heterocycles. The van der Waals surface area contributed by atoms with Crippen molar-refractivity contribution in [3.8, 4) is 5.88 Å². The average molecular weight is 447 g/mol. The minimum Gasteiger partial charge on any atom is -0.494 e. The number of rotatable bonds is 6. The van der Waals surface area contributed by atoms with Crippen molar-refractivity contribution >= 4 is 16.8 Å². The molecule has 5 rings (SSSR count). The lowest BCUT2D eigenvalue weighted by Crippen LogP contribution is -2.38. The second-order valence-electron chi connectivity index (χ2n) is 9.02. The number of ether oxygens (including phenoxy) is 1. The minimum absolute atomic E-state index is 0.00371. The molecule has 1 aliphatic rings. The van der Waals surface area contributed by atoms with Gasteiger partial charge in [0.25, 0.3) is 5.56 Å². The van der Waals surface area contributed by atoms with Gasteiger partial charge in [-0.3, -0.25) is 14.3 Å². The van der Waals surface area contributed by atoms with E-state index in [0.717, 1.165) is 49.4 Å². The molecule has 4 aromatic rings. The molecule has 3 heterocycles. The summed E-state index contributed by atoms with van der Waals surface area (Å²) in [7, 11) is 0. The normalized spacial score (nSPS) is 15.1. The first-order valence-corrected chi connectivity index (χ1v) is 11.6. The molecule has 0 spiro atoms. The van der Waals surface area contributed by atoms with E-state index in [0.29, 0.717) is 30.2 Å². The molecule has 7 heteroatoms. The van der Waals surface area contributed by atoms with Crippen LogP contribution in [0.15, 0.2) is 53.3 Å². The van der Waals surface area contributed by atoms with Crippen LogP contribution in [0.25, 0.3) is 16.8 Å². The van der Waals surface area contributed by atoms with E-state index in [9.17, 15) is 9.90 Å². The van der Waals surface area contributed by atoms with Crippen LogP contribution in [0.1, 0.15) is 36.5 Å². The van der Waals surface area contributed by atoms with Gasteiger partial charge in [0, 0.05) is 32.6 Å². The van der Waals surface area contributed by atoms with E-state index in [1.165, 1.54) is 5.56 Å². The standard InChI is InChI=1S/C26H30N4O3/c1-18(2)20-9-7-19(8-10-20)17-21-24(31)29(12-11-28-13-15-33-16-14-28)26-27-22-5-3-4-6-23(22)30(26)25(21)32/h3-10,18,31H,11-17H2,1-2H3. The molecular weight excluding hydrogens is 416 g/mol. The SMILES string of the molecule is CC(C)c1ccc(Cc2c(O)n(CCN3CCOCC3)c3nc4ccccc4n3c2=O)cc1. The summed E-state index contributed by atoms with van der Waals surface area (Å²) < 4.78 is 8.89. The molecular formula is C26H30N4O3. The van der Waals surface area contributed by atoms with Crippen molar-refractivity contribution in [3.63, 3.8) is 0 Å². The Labute approximate surface area is 192 Å². The number of morpholine rings is 1. The highest BCUT2D eigenvalue weighted by Crippen LogP contribution is 2.24. The largest absolute Gasteiger partial charge is 0.494 e. The number of hydrogen-bond donors (Lipinski definition) is 1. The maximum absolute atomic E-state index is 13.6. The van der Waals surface area contributed by atoms with Gasteiger partial charge >= 0.3 is 0 Å². The first kappa shape index (κ1) is 21.7. The van der Waals surface area contributed by atoms with Gasteiger partial charge in [-0.05, 0) is 29.2 Å². The van der Waals surface area contributed by atoms with E-state index in [1.807, 2.05) is 36.4 Å². The highest BCUT2D eigenvalue weighted by Gasteiger charge is 2.21. The van der Waals surface area contributed by atoms with Crippen LogP contribution in [-0.2, 0) is 17.7 Å². The van der Waals surface area contributed by atoms with Crippen molar-refractivity contribution in [2.24, 2.45) is 0 Å². The molecule has 0 unspecified atom stereocenters. The molecule has 172 valence electrons. The van der Waals surface area contributed by atoms with E-state index in [-0.39, 0.29) is 11.4 Å². The van der Waals surface area contributed by atoms with Crippen molar-refractivity contribution in [2.75, 3.05) is 32.8 Å². The van der Waals surface area contributed by atoms with E-state index < -0.39 is 0 Å². The molecule has 33 heavy (non-hydrogen) atoms. The number of benzene rings is 2. The van der Waals surface area contributed by atoms with Gasteiger partial charge in [-0.1, -0.05) is 50.2 Å². The second-order valence-corrected chi connectivity index (χ2v) is 9.02. The van der Waals surface area contributed by atoms with Crippen molar-refractivity contribution < 1.29 is 9.84 Å². The van der Waals surface area contributed by atoms with Crippen molar-refractivity contribution in [1.82, 2.24) is 18.9 Å². The minimum atomic E-state index is -0.216. The van der Waals surface area contributed by atoms with Crippen LogP contribution in [0.3, 0.4) is 0 Å². The second kappa shape index (κ2) is 9.00. The molecule has 0 amide bonds. The molecule has 0 atom stereocenters. The molecule has 0 bridgehead atoms. The fourth-order valence-corrected chi connectivity index (χ4v) is 4.53. The Balaban J connectivity index is 1.60. The topological polar surface area (TPSA) is 72.0 Å². The Hall–Kier alpha value is -3.16. The third-order valence-electron chi connectivity index (χ3n) is 6.54. The number of imidazole rings is 1. The maximum atomic E-state index is 13.6. The first-order valence-electron chi connectivity index (χ1n) is 11.6. The predicted octanol–water partition coefficient (Wildman–Crippen LogP) is 3.40. The van der Waals surface area contributed by atoms with Crippen LogP contribution >= 0.6 is 0 Å². The quantitative estimate of drug-likeness (QED) is 0.492. The lowest BCUT2D eigenvalue weighted by atomic mass is 9.99. The maximum Gasteiger partial charge on any atom is 0.266 e. The summed E-state index contributed by atoms with van der Waals surface area (Å²) in [4.78, 5) is 20.6. The third kappa shape index (κ3) is 4.14. The molecule has 0 saturated carbocycles. The Bertz CT molecular complexity index is 1330. The van der Waals surface area contributed by atoms with Gasteiger partial charge in [-0.15, -0.1) is 0 Å². The van der Waals surface area contributed by atoms with E-state index in [1.54, 1.807) is 8.97 Å². The highest BCUT2D eigenvalue weighted by molar-refractivity contribution is 5.79. The van der Waals surface area contributed by atoms with Gasteiger partial charge in [0.1, 0.15) is 0 Å². The molecule has 1 aliphatic heterocycles. The molecule has 0 radical (unpaired) electrons. The summed E-state index contributed by atoms with van der Waals surface area (Å²) in [5.74, 6) is 0.924. The fraction of sp³-hybridized carbons (Fsp3) is 0.385. The number of aromatic nitrogens is 3. The highest BCUT2D eigenvalue weighted by atomic mass is 16.5. The van der Waals surface area contributed by atoms with Gasteiger partial charge in [0.05, 0.1) is 29.8 Å². The van der Waals surface area contributed by atoms with Gasteiger partial charge < -0.3 is 9.84 Å². The summed E-state index contributed by atoms with van der Waals surface area (Å²) >= 11 is 0. The third-order valence-corrected chi connectivity index (χ3v) is 6.54. The van der Waals surface area contributed by atoms with Gasteiger partial charge in [-0.25, -0.2) is 9.38 Å². The Kier molecular flexibility index (Phi) is 5.91. The Morgan fingerprint density at radius 1 is 1.03 bits per heavy atom. The van der Waals surface area contributed by atoms with Crippen LogP contribution in [0.5, 0.6) is 5.88 Å². The van der Waals surface area contributed by atoms with Gasteiger partial charge in [0.2, 0.25) is 11.7 Å². The number of fused-ring (bicyclic) bond motifs is 3. The zero-order valence-corrected chi connectivity index (χ0v) is 19.2. The summed E-state index contributed by atoms with van der Waals surface area (Å²) in [5.41, 5.74) is 3.93. The van der Waals surface area contributed by atoms with Crippen LogP contribution in [0.2, 0.25) is 0 Å². The van der Waals surface area contributed by atoms with Gasteiger partial charge in [0.15, 0.2) is 0 Å². The van der Waals surface area contributed by atoms with E-state index in [2.05, 4.69) is 30.9 Å². The van der Waals surface area contributed by atoms with Crippen LogP contribution < -0.4 is 5.56 Å². The van der Waals surface area contributed by atoms with Crippen LogP contribution in [-0.4, -0.2) is 56.8 Å². The molecule has 2 aromatic heterocycles. The number of aromatic hydroxyl groups is 1. The number of hydrogen-bond acceptors (Lipinski definition) is 5. The van der Waals surface area contributed by atoms with Crippen molar-refractivity contribution in [2.45, 2.75) is 32.7 Å². The molecule has 2 aromatic carbocycles. The molecule has 7 nitrogen and oxygen atoms in total. The van der Waals surface area contributed by atoms with Crippen LogP contribution in [0, 0.1) is 0 Å². The van der Waals surface area contributed by atoms with Gasteiger partial charge in [-0.2, -0.15) is 0 Å². The van der Waals surface area contributed by atoms with E-state index >= 15 is 0 Å². The predicted molar refractivity (Wildman–Crippen MR) is 129 cm³/mol. The molecule has 1 fully saturated rings. The zero-order chi connectivity index (χ0) is 22.9. The molecule has 0 aliphatic carbocycles. The Morgan fingerprint density at radius 2 is 1.76 bits per heavy atom. The monoisotopic (exact) mass is 446 g/mol. The summed E-state index contributed by atoms with van der Waals surface area (Å²) in [6, 6.07) is 15.9. The first-order chi connectivity index (χ1) is 16.0. The van der Waals surface area contributed by atoms with E-state index in [4.69, 9.17) is 9.72 Å². The average Bonchev–Trinajstić information content (AvgIpc) is 3.22.